The summed E-state index contributed by atoms with van der Waals surface area (Å²) in [6.07, 6.45) is 2.14. The number of ether oxygens (including phenoxy) is 1. The molecular weight excluding hydrogens is 202 g/mol. The van der Waals surface area contributed by atoms with Crippen molar-refractivity contribution in [2.24, 2.45) is 17.8 Å². The van der Waals surface area contributed by atoms with Gasteiger partial charge < -0.3 is 10.1 Å². The quantitative estimate of drug-likeness (QED) is 0.799. The molecule has 0 aliphatic carbocycles. The zero-order chi connectivity index (χ0) is 12.1. The monoisotopic (exact) mass is 227 g/mol. The topological polar surface area (TPSA) is 38.3 Å². The van der Waals surface area contributed by atoms with Crippen LogP contribution >= 0.6 is 0 Å². The van der Waals surface area contributed by atoms with E-state index < -0.39 is 0 Å². The Morgan fingerprint density at radius 2 is 1.75 bits per heavy atom. The molecule has 0 spiro atoms. The molecule has 16 heavy (non-hydrogen) atoms. The molecule has 1 atom stereocenters. The first-order chi connectivity index (χ1) is 7.52. The van der Waals surface area contributed by atoms with Crippen molar-refractivity contribution >= 4 is 5.91 Å². The van der Waals surface area contributed by atoms with E-state index in [2.05, 4.69) is 19.2 Å². The highest BCUT2D eigenvalue weighted by Crippen LogP contribution is 2.23. The van der Waals surface area contributed by atoms with Crippen LogP contribution in [0.1, 0.15) is 40.5 Å². The van der Waals surface area contributed by atoms with Gasteiger partial charge in [0.15, 0.2) is 0 Å². The lowest BCUT2D eigenvalue weighted by Crippen LogP contribution is -2.46. The highest BCUT2D eigenvalue weighted by atomic mass is 16.5. The highest BCUT2D eigenvalue weighted by Gasteiger charge is 2.28. The molecule has 0 aromatic rings. The summed E-state index contributed by atoms with van der Waals surface area (Å²) in [5, 5.41) is 3.19. The summed E-state index contributed by atoms with van der Waals surface area (Å²) in [5.74, 6) is 1.31. The van der Waals surface area contributed by atoms with E-state index in [9.17, 15) is 4.79 Å². The van der Waals surface area contributed by atoms with Gasteiger partial charge in [-0.2, -0.15) is 0 Å². The molecular formula is C13H25NO2. The number of carbonyl (C=O) groups is 1. The molecule has 1 aliphatic heterocycles. The maximum Gasteiger partial charge on any atom is 0.222 e. The first-order valence-corrected chi connectivity index (χ1v) is 6.40. The zero-order valence-corrected chi connectivity index (χ0v) is 11.0. The molecule has 1 aliphatic rings. The normalized spacial score (nSPS) is 20.1. The van der Waals surface area contributed by atoms with Crippen LogP contribution in [-0.2, 0) is 9.53 Å². The van der Waals surface area contributed by atoms with E-state index in [-0.39, 0.29) is 11.8 Å². The molecule has 0 aromatic heterocycles. The van der Waals surface area contributed by atoms with Crippen LogP contribution in [-0.4, -0.2) is 25.2 Å². The van der Waals surface area contributed by atoms with Crippen molar-refractivity contribution in [2.75, 3.05) is 13.2 Å². The van der Waals surface area contributed by atoms with Gasteiger partial charge >= 0.3 is 0 Å². The minimum atomic E-state index is 0.0705. The fourth-order valence-corrected chi connectivity index (χ4v) is 2.23. The Hall–Kier alpha value is -0.570. The molecule has 0 radical (unpaired) electrons. The SMILES string of the molecule is CC(C)C(=O)N[C@@H](C(C)C)C1CCOCC1. The average Bonchev–Trinajstić information content (AvgIpc) is 2.26. The second-order valence-corrected chi connectivity index (χ2v) is 5.38. The smallest absolute Gasteiger partial charge is 0.222 e. The number of amides is 1. The fourth-order valence-electron chi connectivity index (χ4n) is 2.23. The summed E-state index contributed by atoms with van der Waals surface area (Å²) < 4.78 is 5.37. The van der Waals surface area contributed by atoms with Crippen molar-refractivity contribution < 1.29 is 9.53 Å². The van der Waals surface area contributed by atoms with Gasteiger partial charge in [0.25, 0.3) is 0 Å². The van der Waals surface area contributed by atoms with Crippen molar-refractivity contribution in [1.29, 1.82) is 0 Å². The third-order valence-corrected chi connectivity index (χ3v) is 3.33. The Bertz CT molecular complexity index is 220. The van der Waals surface area contributed by atoms with E-state index in [1.165, 1.54) is 0 Å². The molecule has 1 N–H and O–H groups in total. The van der Waals surface area contributed by atoms with Crippen molar-refractivity contribution in [3.63, 3.8) is 0 Å². The summed E-state index contributed by atoms with van der Waals surface area (Å²) in [6, 6.07) is 0.304. The summed E-state index contributed by atoms with van der Waals surface area (Å²) in [5.41, 5.74) is 0. The zero-order valence-electron chi connectivity index (χ0n) is 11.0. The molecule has 3 heteroatoms. The fraction of sp³-hybridized carbons (Fsp3) is 0.923. The minimum absolute atomic E-state index is 0.0705. The largest absolute Gasteiger partial charge is 0.381 e. The number of hydrogen-bond donors (Lipinski definition) is 1. The maximum absolute atomic E-state index is 11.8. The van der Waals surface area contributed by atoms with E-state index in [1.54, 1.807) is 0 Å². The van der Waals surface area contributed by atoms with Crippen LogP contribution < -0.4 is 5.32 Å². The van der Waals surface area contributed by atoms with Gasteiger partial charge in [-0.1, -0.05) is 27.7 Å². The Labute approximate surface area is 98.9 Å². The summed E-state index contributed by atoms with van der Waals surface area (Å²) >= 11 is 0. The minimum Gasteiger partial charge on any atom is -0.381 e. The van der Waals surface area contributed by atoms with Gasteiger partial charge in [0.1, 0.15) is 0 Å². The number of carbonyl (C=O) groups excluding carboxylic acids is 1. The summed E-state index contributed by atoms with van der Waals surface area (Å²) in [4.78, 5) is 11.8. The predicted octanol–water partition coefficient (Wildman–Crippen LogP) is 2.21. The molecule has 0 aromatic carbocycles. The van der Waals surface area contributed by atoms with E-state index in [1.807, 2.05) is 13.8 Å². The highest BCUT2D eigenvalue weighted by molar-refractivity contribution is 5.78. The Morgan fingerprint density at radius 3 is 2.19 bits per heavy atom. The van der Waals surface area contributed by atoms with Crippen LogP contribution in [0.25, 0.3) is 0 Å². The van der Waals surface area contributed by atoms with Gasteiger partial charge in [0, 0.05) is 25.2 Å². The first kappa shape index (κ1) is 13.5. The van der Waals surface area contributed by atoms with E-state index >= 15 is 0 Å². The van der Waals surface area contributed by atoms with Crippen LogP contribution in [0.15, 0.2) is 0 Å². The molecule has 0 unspecified atom stereocenters. The van der Waals surface area contributed by atoms with Gasteiger partial charge in [-0.15, -0.1) is 0 Å². The van der Waals surface area contributed by atoms with Gasteiger partial charge in [-0.3, -0.25) is 4.79 Å². The van der Waals surface area contributed by atoms with Crippen molar-refractivity contribution in [2.45, 2.75) is 46.6 Å². The number of hydrogen-bond acceptors (Lipinski definition) is 2. The first-order valence-electron chi connectivity index (χ1n) is 6.40. The van der Waals surface area contributed by atoms with E-state index in [4.69, 9.17) is 4.74 Å². The molecule has 3 nitrogen and oxygen atoms in total. The third-order valence-electron chi connectivity index (χ3n) is 3.33. The molecule has 94 valence electrons. The van der Waals surface area contributed by atoms with E-state index in [0.717, 1.165) is 26.1 Å². The van der Waals surface area contributed by atoms with Gasteiger partial charge in [0.05, 0.1) is 0 Å². The summed E-state index contributed by atoms with van der Waals surface area (Å²) in [6.45, 7) is 9.92. The van der Waals surface area contributed by atoms with Crippen molar-refractivity contribution in [1.82, 2.24) is 5.32 Å². The van der Waals surface area contributed by atoms with Gasteiger partial charge in [0.2, 0.25) is 5.91 Å². The van der Waals surface area contributed by atoms with Crippen molar-refractivity contribution in [3.8, 4) is 0 Å². The van der Waals surface area contributed by atoms with Crippen molar-refractivity contribution in [3.05, 3.63) is 0 Å². The maximum atomic E-state index is 11.8. The lowest BCUT2D eigenvalue weighted by atomic mass is 9.84. The Morgan fingerprint density at radius 1 is 1.19 bits per heavy atom. The third kappa shape index (κ3) is 3.78. The predicted molar refractivity (Wildman–Crippen MR) is 65.1 cm³/mol. The van der Waals surface area contributed by atoms with Crippen LogP contribution in [0.2, 0.25) is 0 Å². The van der Waals surface area contributed by atoms with E-state index in [0.29, 0.717) is 17.9 Å². The lowest BCUT2D eigenvalue weighted by Gasteiger charge is -2.34. The molecule has 1 rings (SSSR count). The standard InChI is InChI=1S/C13H25NO2/c1-9(2)12(14-13(15)10(3)4)11-5-7-16-8-6-11/h9-12H,5-8H2,1-4H3,(H,14,15)/t12-/m0/s1. The van der Waals surface area contributed by atoms with Crippen LogP contribution in [0.5, 0.6) is 0 Å². The molecule has 0 saturated carbocycles. The van der Waals surface area contributed by atoms with Crippen LogP contribution in [0.3, 0.4) is 0 Å². The van der Waals surface area contributed by atoms with Crippen LogP contribution in [0, 0.1) is 17.8 Å². The van der Waals surface area contributed by atoms with Gasteiger partial charge in [-0.05, 0) is 24.7 Å². The Balaban J connectivity index is 2.55. The average molecular weight is 227 g/mol. The van der Waals surface area contributed by atoms with Gasteiger partial charge in [-0.25, -0.2) is 0 Å². The molecule has 0 bridgehead atoms. The second kappa shape index (κ2) is 6.24. The van der Waals surface area contributed by atoms with Crippen LogP contribution in [0.4, 0.5) is 0 Å². The lowest BCUT2D eigenvalue weighted by molar-refractivity contribution is -0.125. The molecule has 1 amide bonds. The molecule has 1 saturated heterocycles. The number of nitrogens with one attached hydrogen (secondary N) is 1. The molecule has 1 fully saturated rings. The number of rotatable bonds is 4. The Kier molecular flexibility index (Phi) is 5.26. The second-order valence-electron chi connectivity index (χ2n) is 5.38. The molecule has 1 heterocycles. The summed E-state index contributed by atoms with van der Waals surface area (Å²) in [7, 11) is 0.